The van der Waals surface area contributed by atoms with Crippen LogP contribution in [0.3, 0.4) is 0 Å². The predicted octanol–water partition coefficient (Wildman–Crippen LogP) is 3.34. The van der Waals surface area contributed by atoms with Gasteiger partial charge in [-0.15, -0.1) is 0 Å². The lowest BCUT2D eigenvalue weighted by molar-refractivity contribution is -0.177. The highest BCUT2D eigenvalue weighted by Gasteiger charge is 2.61. The van der Waals surface area contributed by atoms with Gasteiger partial charge >= 0.3 is 5.97 Å². The molecule has 4 bridgehead atoms. The van der Waals surface area contributed by atoms with E-state index in [2.05, 4.69) is 24.5 Å². The third-order valence-electron chi connectivity index (χ3n) is 7.10. The Labute approximate surface area is 174 Å². The largest absolute Gasteiger partial charge is 0.455 e. The molecule has 3 unspecified atom stereocenters. The van der Waals surface area contributed by atoms with Crippen molar-refractivity contribution in [1.82, 2.24) is 10.6 Å². The van der Waals surface area contributed by atoms with Crippen molar-refractivity contribution in [3.8, 4) is 0 Å². The molecule has 6 heteroatoms. The van der Waals surface area contributed by atoms with E-state index < -0.39 is 5.41 Å². The Hall–Kier alpha value is -1.59. The van der Waals surface area contributed by atoms with E-state index in [9.17, 15) is 14.4 Å². The molecule has 4 aliphatic rings. The molecule has 0 aromatic rings. The number of esters is 1. The van der Waals surface area contributed by atoms with Gasteiger partial charge in [0.15, 0.2) is 6.61 Å². The van der Waals surface area contributed by atoms with Crippen LogP contribution in [0.2, 0.25) is 0 Å². The quantitative estimate of drug-likeness (QED) is 0.575. The van der Waals surface area contributed by atoms with Gasteiger partial charge < -0.3 is 15.4 Å². The average Bonchev–Trinajstić information content (AvgIpc) is 2.56. The molecular weight excluding hydrogens is 368 g/mol. The van der Waals surface area contributed by atoms with Gasteiger partial charge in [-0.05, 0) is 69.6 Å². The monoisotopic (exact) mass is 406 g/mol. The summed E-state index contributed by atoms with van der Waals surface area (Å²) in [5.74, 6) is 1.10. The summed E-state index contributed by atoms with van der Waals surface area (Å²) < 4.78 is 5.52. The number of hydrogen-bond acceptors (Lipinski definition) is 4. The normalized spacial score (nSPS) is 33.4. The topological polar surface area (TPSA) is 84.5 Å². The maximum Gasteiger partial charge on any atom is 0.312 e. The Kier molecular flexibility index (Phi) is 6.59. The predicted molar refractivity (Wildman–Crippen MR) is 111 cm³/mol. The van der Waals surface area contributed by atoms with Gasteiger partial charge in [0.05, 0.1) is 5.41 Å². The molecule has 0 spiro atoms. The van der Waals surface area contributed by atoms with E-state index in [0.29, 0.717) is 24.2 Å². The molecule has 3 atom stereocenters. The Morgan fingerprint density at radius 1 is 1.03 bits per heavy atom. The van der Waals surface area contributed by atoms with Crippen LogP contribution in [0, 0.1) is 23.2 Å². The van der Waals surface area contributed by atoms with Crippen molar-refractivity contribution in [2.24, 2.45) is 23.2 Å². The molecule has 4 aliphatic carbocycles. The molecule has 164 valence electrons. The second-order valence-electron chi connectivity index (χ2n) is 10.6. The zero-order chi connectivity index (χ0) is 21.2. The van der Waals surface area contributed by atoms with Crippen molar-refractivity contribution in [2.75, 3.05) is 6.61 Å². The molecule has 0 aliphatic heterocycles. The summed E-state index contributed by atoms with van der Waals surface area (Å²) in [6.45, 7) is 7.73. The molecule has 0 saturated heterocycles. The van der Waals surface area contributed by atoms with Crippen LogP contribution in [0.15, 0.2) is 0 Å². The number of nitrogens with one attached hydrogen (secondary N) is 2. The first-order valence-electron chi connectivity index (χ1n) is 11.4. The fourth-order valence-corrected chi connectivity index (χ4v) is 6.53. The highest BCUT2D eigenvalue weighted by molar-refractivity contribution is 5.83. The summed E-state index contributed by atoms with van der Waals surface area (Å²) in [6, 6.07) is 0.0857. The molecule has 29 heavy (non-hydrogen) atoms. The van der Waals surface area contributed by atoms with E-state index in [1.807, 2.05) is 6.92 Å². The van der Waals surface area contributed by atoms with Crippen LogP contribution in [0.4, 0.5) is 0 Å². The maximum absolute atomic E-state index is 13.0. The van der Waals surface area contributed by atoms with Crippen LogP contribution in [-0.2, 0) is 19.1 Å². The minimum Gasteiger partial charge on any atom is -0.455 e. The Morgan fingerprint density at radius 2 is 1.69 bits per heavy atom. The molecule has 0 heterocycles. The number of carbonyl (C=O) groups excluding carboxylic acids is 3. The van der Waals surface area contributed by atoms with Crippen LogP contribution < -0.4 is 10.6 Å². The van der Waals surface area contributed by atoms with Crippen LogP contribution in [0.25, 0.3) is 0 Å². The lowest BCUT2D eigenvalue weighted by Gasteiger charge is -2.60. The SMILES string of the molecule is CC(=O)NC12CC3CC(C1)CC(C(=O)OCC(=O)NC(C)CCCC(C)C)(C3)C2. The van der Waals surface area contributed by atoms with Crippen LogP contribution in [-0.4, -0.2) is 36.0 Å². The Morgan fingerprint density at radius 3 is 2.28 bits per heavy atom. The standard InChI is InChI=1S/C23H38N2O4/c1-15(2)6-5-7-16(3)24-20(27)13-29-21(28)22-9-18-8-19(10-22)12-23(11-18,14-22)25-17(4)26/h15-16,18-19H,5-14H2,1-4H3,(H,24,27)(H,25,26). The van der Waals surface area contributed by atoms with Crippen molar-refractivity contribution in [2.45, 2.75) is 97.1 Å². The smallest absolute Gasteiger partial charge is 0.312 e. The zero-order valence-electron chi connectivity index (χ0n) is 18.5. The first kappa shape index (κ1) is 22.1. The molecule has 0 aromatic heterocycles. The summed E-state index contributed by atoms with van der Waals surface area (Å²) in [7, 11) is 0. The van der Waals surface area contributed by atoms with Crippen LogP contribution in [0.5, 0.6) is 0 Å². The first-order valence-corrected chi connectivity index (χ1v) is 11.4. The number of amides is 2. The number of ether oxygens (including phenoxy) is 1. The van der Waals surface area contributed by atoms with Gasteiger partial charge in [0, 0.05) is 18.5 Å². The van der Waals surface area contributed by atoms with Crippen LogP contribution in [0.1, 0.15) is 85.5 Å². The van der Waals surface area contributed by atoms with Gasteiger partial charge in [0.25, 0.3) is 5.91 Å². The van der Waals surface area contributed by atoms with Gasteiger partial charge in [-0.2, -0.15) is 0 Å². The van der Waals surface area contributed by atoms with Gasteiger partial charge in [-0.25, -0.2) is 0 Å². The Balaban J connectivity index is 1.51. The molecule has 4 fully saturated rings. The minimum atomic E-state index is -0.532. The molecular formula is C23H38N2O4. The Bertz CT molecular complexity index is 631. The van der Waals surface area contributed by atoms with Crippen molar-refractivity contribution < 1.29 is 19.1 Å². The van der Waals surface area contributed by atoms with E-state index in [0.717, 1.165) is 51.4 Å². The summed E-state index contributed by atoms with van der Waals surface area (Å²) in [6.07, 6.45) is 8.55. The summed E-state index contributed by atoms with van der Waals surface area (Å²) in [4.78, 5) is 37.0. The average molecular weight is 407 g/mol. The summed E-state index contributed by atoms with van der Waals surface area (Å²) >= 11 is 0. The van der Waals surface area contributed by atoms with E-state index in [1.54, 1.807) is 6.92 Å². The van der Waals surface area contributed by atoms with Crippen LogP contribution >= 0.6 is 0 Å². The molecule has 2 N–H and O–H groups in total. The van der Waals surface area contributed by atoms with E-state index >= 15 is 0 Å². The van der Waals surface area contributed by atoms with E-state index in [1.165, 1.54) is 0 Å². The summed E-state index contributed by atoms with van der Waals surface area (Å²) in [5.41, 5.74) is -0.794. The fourth-order valence-electron chi connectivity index (χ4n) is 6.53. The molecule has 0 aromatic carbocycles. The van der Waals surface area contributed by atoms with Gasteiger partial charge in [-0.1, -0.05) is 26.7 Å². The summed E-state index contributed by atoms with van der Waals surface area (Å²) in [5, 5.41) is 6.10. The van der Waals surface area contributed by atoms with Crippen molar-refractivity contribution in [1.29, 1.82) is 0 Å². The third kappa shape index (κ3) is 5.32. The molecule has 0 radical (unpaired) electrons. The lowest BCUT2D eigenvalue weighted by Crippen LogP contribution is -2.64. The van der Waals surface area contributed by atoms with Gasteiger partial charge in [0.2, 0.25) is 5.91 Å². The molecule has 6 nitrogen and oxygen atoms in total. The van der Waals surface area contributed by atoms with Gasteiger partial charge in [-0.3, -0.25) is 14.4 Å². The fraction of sp³-hybridized carbons (Fsp3) is 0.870. The zero-order valence-corrected chi connectivity index (χ0v) is 18.5. The van der Waals surface area contributed by atoms with E-state index in [4.69, 9.17) is 4.74 Å². The number of carbonyl (C=O) groups is 3. The van der Waals surface area contributed by atoms with Crippen molar-refractivity contribution >= 4 is 17.8 Å². The third-order valence-corrected chi connectivity index (χ3v) is 7.10. The number of rotatable bonds is 9. The second kappa shape index (κ2) is 8.65. The molecule has 4 saturated carbocycles. The highest BCUT2D eigenvalue weighted by Crippen LogP contribution is 2.62. The molecule has 4 rings (SSSR count). The lowest BCUT2D eigenvalue weighted by atomic mass is 9.47. The van der Waals surface area contributed by atoms with E-state index in [-0.39, 0.29) is 36.0 Å². The van der Waals surface area contributed by atoms with Gasteiger partial charge in [0.1, 0.15) is 0 Å². The maximum atomic E-state index is 13.0. The second-order valence-corrected chi connectivity index (χ2v) is 10.6. The minimum absolute atomic E-state index is 0.0266. The van der Waals surface area contributed by atoms with Crippen molar-refractivity contribution in [3.05, 3.63) is 0 Å². The number of hydrogen-bond donors (Lipinski definition) is 2. The first-order chi connectivity index (χ1) is 13.6. The highest BCUT2D eigenvalue weighted by atomic mass is 16.5. The molecule has 2 amide bonds. The van der Waals surface area contributed by atoms with Crippen molar-refractivity contribution in [3.63, 3.8) is 0 Å².